The molecule has 1 unspecified atom stereocenters. The lowest BCUT2D eigenvalue weighted by Crippen LogP contribution is -2.36. The Hall–Kier alpha value is -0.0800. The van der Waals surface area contributed by atoms with Gasteiger partial charge < -0.3 is 9.64 Å². The van der Waals surface area contributed by atoms with Crippen molar-refractivity contribution < 1.29 is 9.53 Å². The highest BCUT2D eigenvalue weighted by atomic mass is 127. The average molecular weight is 327 g/mol. The second kappa shape index (κ2) is 5.86. The van der Waals surface area contributed by atoms with Gasteiger partial charge in [-0.15, -0.1) is 0 Å². The van der Waals surface area contributed by atoms with Crippen LogP contribution in [-0.4, -0.2) is 53.3 Å². The molecular formula is C9H18IN3O2. The van der Waals surface area contributed by atoms with Gasteiger partial charge in [-0.25, -0.2) is 9.80 Å². The Morgan fingerprint density at radius 2 is 2.40 bits per heavy atom. The zero-order valence-corrected chi connectivity index (χ0v) is 11.5. The van der Waals surface area contributed by atoms with Gasteiger partial charge in [0, 0.05) is 20.6 Å². The van der Waals surface area contributed by atoms with E-state index in [4.69, 9.17) is 4.74 Å². The van der Waals surface area contributed by atoms with Gasteiger partial charge in [0.25, 0.3) is 0 Å². The molecule has 0 aromatic heterocycles. The van der Waals surface area contributed by atoms with Crippen molar-refractivity contribution >= 4 is 28.7 Å². The number of amides is 1. The normalized spacial score (nSPS) is 23.9. The molecule has 1 rings (SSSR count). The van der Waals surface area contributed by atoms with Crippen molar-refractivity contribution in [3.8, 4) is 0 Å². The maximum absolute atomic E-state index is 11.3. The third-order valence-corrected chi connectivity index (χ3v) is 3.78. The summed E-state index contributed by atoms with van der Waals surface area (Å²) < 4.78 is 5.73. The highest BCUT2D eigenvalue weighted by molar-refractivity contribution is 14.1. The molecule has 0 spiro atoms. The fraction of sp³-hybridized carbons (Fsp3) is 0.889. The molecule has 0 bridgehead atoms. The number of rotatable bonds is 3. The van der Waals surface area contributed by atoms with Crippen LogP contribution in [0.2, 0.25) is 0 Å². The Labute approximate surface area is 104 Å². The highest BCUT2D eigenvalue weighted by Gasteiger charge is 2.28. The lowest BCUT2D eigenvalue weighted by molar-refractivity contribution is 0.0815. The number of hydrazine groups is 1. The molecule has 88 valence electrons. The molecule has 1 saturated heterocycles. The van der Waals surface area contributed by atoms with Crippen molar-refractivity contribution in [2.45, 2.75) is 23.5 Å². The summed E-state index contributed by atoms with van der Waals surface area (Å²) in [5.41, 5.74) is 3.23. The van der Waals surface area contributed by atoms with E-state index in [-0.39, 0.29) is 12.2 Å². The summed E-state index contributed by atoms with van der Waals surface area (Å²) in [6, 6.07) is 0. The van der Waals surface area contributed by atoms with E-state index in [1.165, 1.54) is 4.90 Å². The van der Waals surface area contributed by atoms with E-state index < -0.39 is 0 Å². The quantitative estimate of drug-likeness (QED) is 0.478. The molecule has 0 saturated carbocycles. The molecule has 1 aliphatic rings. The van der Waals surface area contributed by atoms with Gasteiger partial charge >= 0.3 is 6.09 Å². The molecule has 0 aromatic carbocycles. The van der Waals surface area contributed by atoms with Crippen LogP contribution in [-0.2, 0) is 4.74 Å². The Morgan fingerprint density at radius 1 is 1.73 bits per heavy atom. The molecule has 5 nitrogen and oxygen atoms in total. The largest absolute Gasteiger partial charge is 0.443 e. The summed E-state index contributed by atoms with van der Waals surface area (Å²) >= 11 is 2.38. The van der Waals surface area contributed by atoms with E-state index in [9.17, 15) is 4.79 Å². The van der Waals surface area contributed by atoms with Crippen molar-refractivity contribution in [3.63, 3.8) is 0 Å². The van der Waals surface area contributed by atoms with Gasteiger partial charge in [0.05, 0.1) is 10.6 Å². The van der Waals surface area contributed by atoms with Crippen LogP contribution in [0.1, 0.15) is 13.3 Å². The van der Waals surface area contributed by atoms with Gasteiger partial charge in [0.2, 0.25) is 0 Å². The monoisotopic (exact) mass is 327 g/mol. The van der Waals surface area contributed by atoms with Crippen LogP contribution in [0.4, 0.5) is 4.79 Å². The maximum Gasteiger partial charge on any atom is 0.409 e. The second-order valence-electron chi connectivity index (χ2n) is 3.76. The molecule has 0 radical (unpaired) electrons. The van der Waals surface area contributed by atoms with Crippen LogP contribution in [0.15, 0.2) is 0 Å². The predicted molar refractivity (Wildman–Crippen MR) is 66.8 cm³/mol. The molecule has 1 amide bonds. The number of ether oxygens (including phenoxy) is 1. The number of carbonyl (C=O) groups excluding carboxylic acids is 1. The number of nitrogens with one attached hydrogen (secondary N) is 1. The minimum Gasteiger partial charge on any atom is -0.443 e. The van der Waals surface area contributed by atoms with Crippen LogP contribution in [0, 0.1) is 0 Å². The molecule has 15 heavy (non-hydrogen) atoms. The van der Waals surface area contributed by atoms with Crippen LogP contribution >= 0.6 is 22.6 Å². The molecule has 1 N–H and O–H groups in total. The van der Waals surface area contributed by atoms with Gasteiger partial charge in [-0.05, 0) is 6.42 Å². The Balaban J connectivity index is 2.33. The zero-order chi connectivity index (χ0) is 11.4. The lowest BCUT2D eigenvalue weighted by atomic mass is 10.4. The van der Waals surface area contributed by atoms with Gasteiger partial charge in [0.15, 0.2) is 0 Å². The number of halogens is 1. The molecule has 1 aliphatic heterocycles. The van der Waals surface area contributed by atoms with Crippen molar-refractivity contribution in [2.75, 3.05) is 27.2 Å². The number of carbonyl (C=O) groups is 1. The summed E-state index contributed by atoms with van der Waals surface area (Å²) in [5, 5.41) is 2.12. The van der Waals surface area contributed by atoms with Crippen molar-refractivity contribution in [3.05, 3.63) is 0 Å². The van der Waals surface area contributed by atoms with Crippen molar-refractivity contribution in [1.29, 1.82) is 0 Å². The second-order valence-corrected chi connectivity index (χ2v) is 5.20. The minimum absolute atomic E-state index is 0.0382. The molecule has 1 fully saturated rings. The third kappa shape index (κ3) is 3.76. The fourth-order valence-electron chi connectivity index (χ4n) is 1.33. The predicted octanol–water partition coefficient (Wildman–Crippen LogP) is 1.04. The summed E-state index contributed by atoms with van der Waals surface area (Å²) in [5.74, 6) is 0. The van der Waals surface area contributed by atoms with Crippen LogP contribution in [0.3, 0.4) is 0 Å². The number of alkyl halides is 1. The molecule has 0 aromatic rings. The summed E-state index contributed by atoms with van der Waals surface area (Å²) in [4.78, 5) is 12.7. The topological polar surface area (TPSA) is 44.8 Å². The van der Waals surface area contributed by atoms with Gasteiger partial charge in [-0.2, -0.15) is 0 Å². The number of hydrogen-bond donors (Lipinski definition) is 1. The maximum atomic E-state index is 11.3. The standard InChI is InChI=1S/C9H18IN3O2/c1-4-8(10)13-6-7(5-11-13)15-9(14)12(2)3/h7-8,11H,4-6H2,1-3H3/t7-,8?/m1/s1. The summed E-state index contributed by atoms with van der Waals surface area (Å²) in [7, 11) is 3.38. The minimum atomic E-state index is -0.273. The molecule has 0 aliphatic carbocycles. The first kappa shape index (κ1) is 13.0. The Morgan fingerprint density at radius 3 is 2.93 bits per heavy atom. The van der Waals surface area contributed by atoms with Gasteiger partial charge in [-0.1, -0.05) is 29.5 Å². The van der Waals surface area contributed by atoms with E-state index in [2.05, 4.69) is 39.9 Å². The third-order valence-electron chi connectivity index (χ3n) is 2.23. The van der Waals surface area contributed by atoms with Crippen LogP contribution < -0.4 is 5.43 Å². The van der Waals surface area contributed by atoms with E-state index in [0.29, 0.717) is 10.6 Å². The molecule has 6 heteroatoms. The number of nitrogens with zero attached hydrogens (tertiary/aromatic N) is 2. The Kier molecular flexibility index (Phi) is 5.07. The molecule has 1 heterocycles. The van der Waals surface area contributed by atoms with E-state index in [1.807, 2.05) is 0 Å². The van der Waals surface area contributed by atoms with E-state index in [1.54, 1.807) is 14.1 Å². The van der Waals surface area contributed by atoms with Gasteiger partial charge in [-0.3, -0.25) is 5.43 Å². The SMILES string of the molecule is CCC(I)N1C[C@H](OC(=O)N(C)C)CN1. The summed E-state index contributed by atoms with van der Waals surface area (Å²) in [6.07, 6.45) is 0.760. The molecular weight excluding hydrogens is 309 g/mol. The average Bonchev–Trinajstić information content (AvgIpc) is 2.65. The fourth-order valence-corrected chi connectivity index (χ4v) is 1.75. The lowest BCUT2D eigenvalue weighted by Gasteiger charge is -2.21. The first-order valence-electron chi connectivity index (χ1n) is 5.06. The van der Waals surface area contributed by atoms with Crippen molar-refractivity contribution in [1.82, 2.24) is 15.3 Å². The van der Waals surface area contributed by atoms with Crippen LogP contribution in [0.25, 0.3) is 0 Å². The van der Waals surface area contributed by atoms with Gasteiger partial charge in [0.1, 0.15) is 6.10 Å². The van der Waals surface area contributed by atoms with Crippen LogP contribution in [0.5, 0.6) is 0 Å². The first-order valence-corrected chi connectivity index (χ1v) is 6.31. The van der Waals surface area contributed by atoms with E-state index >= 15 is 0 Å². The summed E-state index contributed by atoms with van der Waals surface area (Å²) in [6.45, 7) is 3.61. The molecule has 2 atom stereocenters. The van der Waals surface area contributed by atoms with E-state index in [0.717, 1.165) is 13.0 Å². The zero-order valence-electron chi connectivity index (χ0n) is 9.36. The highest BCUT2D eigenvalue weighted by Crippen LogP contribution is 2.15. The Bertz CT molecular complexity index is 225. The van der Waals surface area contributed by atoms with Crippen molar-refractivity contribution in [2.24, 2.45) is 0 Å². The first-order chi connectivity index (χ1) is 7.04. The number of hydrogen-bond acceptors (Lipinski definition) is 4. The smallest absolute Gasteiger partial charge is 0.409 e.